The van der Waals surface area contributed by atoms with Crippen LogP contribution in [-0.2, 0) is 16.2 Å². The molecule has 3 aliphatic rings. The number of hydrogen-bond acceptors (Lipinski definition) is 5. The standard InChI is InChI=1S/C30H31ClFNO4/c1-3-13-33-22-9-5-11-24(34)28(22)27(29-23(33)10-6-12-25(29)35)19-15-21(31)30(26(16-19)36-2)37-17-18-7-4-8-20(32)14-18/h4,7-8,14-16,27H,3,5-6,9-13,17H2,1-2H3. The van der Waals surface area contributed by atoms with Gasteiger partial charge in [-0.3, -0.25) is 9.59 Å². The highest BCUT2D eigenvalue weighted by Crippen LogP contribution is 2.51. The van der Waals surface area contributed by atoms with Gasteiger partial charge < -0.3 is 14.4 Å². The van der Waals surface area contributed by atoms with E-state index in [-0.39, 0.29) is 24.0 Å². The highest BCUT2D eigenvalue weighted by molar-refractivity contribution is 6.32. The first-order valence-electron chi connectivity index (χ1n) is 13.0. The average molecular weight is 524 g/mol. The Balaban J connectivity index is 1.60. The number of carbonyl (C=O) groups excluding carboxylic acids is 2. The maximum absolute atomic E-state index is 13.6. The SMILES string of the molecule is CCCN1C2=C(C(=O)CCC2)C(c2cc(Cl)c(OCc3cccc(F)c3)c(OC)c2)C2=C1CCCC2=O. The van der Waals surface area contributed by atoms with Gasteiger partial charge >= 0.3 is 0 Å². The molecule has 0 radical (unpaired) electrons. The Bertz CT molecular complexity index is 1270. The molecule has 2 aromatic carbocycles. The molecule has 0 unspecified atom stereocenters. The first kappa shape index (κ1) is 25.5. The normalized spacial score (nSPS) is 18.2. The third kappa shape index (κ3) is 4.79. The van der Waals surface area contributed by atoms with Crippen molar-refractivity contribution in [2.45, 2.75) is 64.4 Å². The lowest BCUT2D eigenvalue weighted by Gasteiger charge is -2.44. The van der Waals surface area contributed by atoms with Crippen molar-refractivity contribution in [3.63, 3.8) is 0 Å². The van der Waals surface area contributed by atoms with Crippen LogP contribution >= 0.6 is 11.6 Å². The van der Waals surface area contributed by atoms with E-state index in [1.165, 1.54) is 19.2 Å². The van der Waals surface area contributed by atoms with Gasteiger partial charge in [-0.05, 0) is 67.5 Å². The number of nitrogens with zero attached hydrogens (tertiary/aromatic N) is 1. The van der Waals surface area contributed by atoms with E-state index < -0.39 is 5.92 Å². The number of ether oxygens (including phenoxy) is 2. The Morgan fingerprint density at radius 3 is 2.27 bits per heavy atom. The number of Topliss-reactive ketones (excluding diaryl/α,β-unsaturated/α-hetero) is 2. The Hall–Kier alpha value is -3.12. The molecule has 0 saturated heterocycles. The van der Waals surface area contributed by atoms with Crippen LogP contribution in [0.15, 0.2) is 58.9 Å². The highest BCUT2D eigenvalue weighted by Gasteiger charge is 2.43. The fourth-order valence-corrected chi connectivity index (χ4v) is 6.15. The summed E-state index contributed by atoms with van der Waals surface area (Å²) in [6, 6.07) is 9.79. The molecule has 37 heavy (non-hydrogen) atoms. The van der Waals surface area contributed by atoms with Crippen LogP contribution < -0.4 is 9.47 Å². The van der Waals surface area contributed by atoms with Crippen LogP contribution in [0.1, 0.15) is 68.9 Å². The monoisotopic (exact) mass is 523 g/mol. The smallest absolute Gasteiger partial charge is 0.180 e. The van der Waals surface area contributed by atoms with Crippen LogP contribution in [-0.4, -0.2) is 30.1 Å². The molecule has 0 fully saturated rings. The predicted molar refractivity (Wildman–Crippen MR) is 140 cm³/mol. The van der Waals surface area contributed by atoms with Crippen molar-refractivity contribution in [2.24, 2.45) is 0 Å². The fraction of sp³-hybridized carbons (Fsp3) is 0.400. The number of benzene rings is 2. The highest BCUT2D eigenvalue weighted by atomic mass is 35.5. The molecule has 7 heteroatoms. The zero-order valence-electron chi connectivity index (χ0n) is 21.2. The van der Waals surface area contributed by atoms with Gasteiger partial charge in [-0.15, -0.1) is 0 Å². The van der Waals surface area contributed by atoms with E-state index >= 15 is 0 Å². The lowest BCUT2D eigenvalue weighted by atomic mass is 9.71. The summed E-state index contributed by atoms with van der Waals surface area (Å²) in [6.07, 6.45) is 5.16. The maximum Gasteiger partial charge on any atom is 0.180 e. The third-order valence-corrected chi connectivity index (χ3v) is 7.67. The molecule has 0 amide bonds. The van der Waals surface area contributed by atoms with E-state index in [2.05, 4.69) is 11.8 Å². The van der Waals surface area contributed by atoms with Gasteiger partial charge in [0.2, 0.25) is 0 Å². The summed E-state index contributed by atoms with van der Waals surface area (Å²) in [5.74, 6) is 0.131. The van der Waals surface area contributed by atoms with Crippen LogP contribution in [0.2, 0.25) is 5.02 Å². The molecule has 2 aromatic rings. The lowest BCUT2D eigenvalue weighted by molar-refractivity contribution is -0.117. The summed E-state index contributed by atoms with van der Waals surface area (Å²) < 4.78 is 25.2. The first-order valence-corrected chi connectivity index (χ1v) is 13.3. The van der Waals surface area contributed by atoms with Crippen LogP contribution in [0, 0.1) is 5.82 Å². The Labute approximate surface area is 221 Å². The van der Waals surface area contributed by atoms with Gasteiger partial charge in [0.1, 0.15) is 12.4 Å². The number of ketones is 2. The van der Waals surface area contributed by atoms with Gasteiger partial charge in [0.25, 0.3) is 0 Å². The molecule has 194 valence electrons. The van der Waals surface area contributed by atoms with Crippen LogP contribution in [0.5, 0.6) is 11.5 Å². The molecular formula is C30H31ClFNO4. The quantitative estimate of drug-likeness (QED) is 0.395. The molecule has 0 atom stereocenters. The summed E-state index contributed by atoms with van der Waals surface area (Å²) in [5.41, 5.74) is 4.97. The van der Waals surface area contributed by atoms with E-state index in [0.29, 0.717) is 34.9 Å². The van der Waals surface area contributed by atoms with E-state index in [9.17, 15) is 14.0 Å². The van der Waals surface area contributed by atoms with E-state index in [1.54, 1.807) is 18.2 Å². The predicted octanol–water partition coefficient (Wildman–Crippen LogP) is 6.89. The first-order chi connectivity index (χ1) is 17.9. The largest absolute Gasteiger partial charge is 0.493 e. The van der Waals surface area contributed by atoms with E-state index in [4.69, 9.17) is 21.1 Å². The van der Waals surface area contributed by atoms with Crippen molar-refractivity contribution in [3.05, 3.63) is 80.9 Å². The van der Waals surface area contributed by atoms with Crippen molar-refractivity contribution in [3.8, 4) is 11.5 Å². The number of hydrogen-bond donors (Lipinski definition) is 0. The summed E-state index contributed by atoms with van der Waals surface area (Å²) in [5, 5.41) is 0.317. The molecular weight excluding hydrogens is 493 g/mol. The fourth-order valence-electron chi connectivity index (χ4n) is 5.87. The van der Waals surface area contributed by atoms with Gasteiger partial charge in [0.05, 0.1) is 12.1 Å². The van der Waals surface area contributed by atoms with Crippen molar-refractivity contribution in [1.29, 1.82) is 0 Å². The lowest BCUT2D eigenvalue weighted by Crippen LogP contribution is -2.39. The summed E-state index contributed by atoms with van der Waals surface area (Å²) in [7, 11) is 1.53. The molecule has 2 aliphatic carbocycles. The molecule has 0 N–H and O–H groups in total. The van der Waals surface area contributed by atoms with Crippen LogP contribution in [0.3, 0.4) is 0 Å². The number of rotatable bonds is 7. The number of allylic oxidation sites excluding steroid dienone is 4. The second-order valence-corrected chi connectivity index (χ2v) is 10.2. The average Bonchev–Trinajstić information content (AvgIpc) is 2.88. The summed E-state index contributed by atoms with van der Waals surface area (Å²) >= 11 is 6.74. The molecule has 0 aromatic heterocycles. The van der Waals surface area contributed by atoms with Gasteiger partial charge in [-0.25, -0.2) is 4.39 Å². The van der Waals surface area contributed by atoms with E-state index in [0.717, 1.165) is 66.8 Å². The van der Waals surface area contributed by atoms with E-state index in [1.807, 2.05) is 6.07 Å². The zero-order chi connectivity index (χ0) is 26.1. The molecule has 1 heterocycles. The van der Waals surface area contributed by atoms with Gasteiger partial charge in [-0.1, -0.05) is 30.7 Å². The summed E-state index contributed by atoms with van der Waals surface area (Å²) in [6.45, 7) is 3.03. The Morgan fingerprint density at radius 2 is 1.68 bits per heavy atom. The molecule has 0 saturated carbocycles. The van der Waals surface area contributed by atoms with Crippen LogP contribution in [0.25, 0.3) is 0 Å². The second kappa shape index (κ2) is 10.7. The number of methoxy groups -OCH3 is 1. The van der Waals surface area contributed by atoms with Gasteiger partial charge in [-0.2, -0.15) is 0 Å². The summed E-state index contributed by atoms with van der Waals surface area (Å²) in [4.78, 5) is 29.1. The minimum absolute atomic E-state index is 0.0961. The van der Waals surface area contributed by atoms with Gasteiger partial charge in [0.15, 0.2) is 23.1 Å². The van der Waals surface area contributed by atoms with Crippen molar-refractivity contribution >= 4 is 23.2 Å². The van der Waals surface area contributed by atoms with Crippen molar-refractivity contribution in [2.75, 3.05) is 13.7 Å². The molecule has 5 rings (SSSR count). The van der Waals surface area contributed by atoms with Crippen molar-refractivity contribution in [1.82, 2.24) is 4.90 Å². The Morgan fingerprint density at radius 1 is 1.00 bits per heavy atom. The molecule has 0 spiro atoms. The molecule has 1 aliphatic heterocycles. The zero-order valence-corrected chi connectivity index (χ0v) is 22.0. The third-order valence-electron chi connectivity index (χ3n) is 7.39. The minimum Gasteiger partial charge on any atom is -0.493 e. The van der Waals surface area contributed by atoms with Crippen LogP contribution in [0.4, 0.5) is 4.39 Å². The topological polar surface area (TPSA) is 55.8 Å². The number of carbonyl (C=O) groups is 2. The number of halogens is 2. The second-order valence-electron chi connectivity index (χ2n) is 9.81. The Kier molecular flexibility index (Phi) is 7.38. The van der Waals surface area contributed by atoms with Crippen molar-refractivity contribution < 1.29 is 23.5 Å². The maximum atomic E-state index is 13.6. The molecule has 5 nitrogen and oxygen atoms in total. The minimum atomic E-state index is -0.470. The molecule has 0 bridgehead atoms. The van der Waals surface area contributed by atoms with Gasteiger partial charge in [0, 0.05) is 47.8 Å².